The molecular weight excluding hydrogens is 298 g/mol. The maximum absolute atomic E-state index is 12.4. The number of hydrogen-bond donors (Lipinski definition) is 3. The molecule has 114 valence electrons. The Morgan fingerprint density at radius 1 is 1.27 bits per heavy atom. The van der Waals surface area contributed by atoms with E-state index >= 15 is 0 Å². The second-order valence-corrected chi connectivity index (χ2v) is 6.32. The van der Waals surface area contributed by atoms with Crippen molar-refractivity contribution in [3.8, 4) is 5.88 Å². The summed E-state index contributed by atoms with van der Waals surface area (Å²) >= 11 is 5.21. The Balaban J connectivity index is 1.93. The summed E-state index contributed by atoms with van der Waals surface area (Å²) in [6.45, 7) is 0.777. The van der Waals surface area contributed by atoms with Gasteiger partial charge in [0, 0.05) is 12.6 Å². The molecule has 6 heteroatoms. The number of nitrogens with zero attached hydrogens (tertiary/aromatic N) is 1. The van der Waals surface area contributed by atoms with Gasteiger partial charge >= 0.3 is 0 Å². The predicted molar refractivity (Wildman–Crippen MR) is 85.8 cm³/mol. The molecular formula is C16H17N3O2S. The molecule has 0 bridgehead atoms. The van der Waals surface area contributed by atoms with Crippen molar-refractivity contribution in [1.82, 2.24) is 14.9 Å². The molecule has 1 fully saturated rings. The van der Waals surface area contributed by atoms with Crippen molar-refractivity contribution in [2.24, 2.45) is 0 Å². The topological polar surface area (TPSA) is 70.0 Å². The van der Waals surface area contributed by atoms with Gasteiger partial charge in [-0.3, -0.25) is 14.3 Å². The number of hydrogen-bond acceptors (Lipinski definition) is 4. The van der Waals surface area contributed by atoms with Crippen LogP contribution in [0.3, 0.4) is 0 Å². The van der Waals surface area contributed by atoms with E-state index in [-0.39, 0.29) is 23.5 Å². The summed E-state index contributed by atoms with van der Waals surface area (Å²) in [4.78, 5) is 15.1. The fourth-order valence-electron chi connectivity index (χ4n) is 3.25. The molecule has 1 saturated carbocycles. The van der Waals surface area contributed by atoms with Crippen molar-refractivity contribution in [2.45, 2.75) is 31.3 Å². The van der Waals surface area contributed by atoms with Crippen LogP contribution in [0.2, 0.25) is 0 Å². The highest BCUT2D eigenvalue weighted by molar-refractivity contribution is 7.71. The summed E-state index contributed by atoms with van der Waals surface area (Å²) in [5.74, 6) is 0.00505. The first kappa shape index (κ1) is 13.7. The van der Waals surface area contributed by atoms with Gasteiger partial charge in [0.2, 0.25) is 5.88 Å². The number of nitrogens with one attached hydrogen (secondary N) is 2. The highest BCUT2D eigenvalue weighted by atomic mass is 32.1. The van der Waals surface area contributed by atoms with Crippen molar-refractivity contribution >= 4 is 12.2 Å². The second kappa shape index (κ2) is 5.07. The number of aromatic amines is 1. The first-order chi connectivity index (χ1) is 10.7. The van der Waals surface area contributed by atoms with Crippen molar-refractivity contribution in [1.29, 1.82) is 0 Å². The van der Waals surface area contributed by atoms with Crippen LogP contribution in [0.25, 0.3) is 0 Å². The molecule has 0 saturated heterocycles. The van der Waals surface area contributed by atoms with Crippen LogP contribution >= 0.6 is 12.2 Å². The van der Waals surface area contributed by atoms with Crippen molar-refractivity contribution in [2.75, 3.05) is 6.54 Å². The Morgan fingerprint density at radius 2 is 2.05 bits per heavy atom. The fourth-order valence-corrected chi connectivity index (χ4v) is 3.57. The monoisotopic (exact) mass is 315 g/mol. The van der Waals surface area contributed by atoms with Gasteiger partial charge in [-0.25, -0.2) is 0 Å². The Labute approximate surface area is 132 Å². The number of fused-ring (bicyclic) bond motifs is 1. The highest BCUT2D eigenvalue weighted by Crippen LogP contribution is 2.40. The minimum absolute atomic E-state index is 0.00505. The lowest BCUT2D eigenvalue weighted by atomic mass is 9.91. The molecule has 1 aromatic heterocycles. The number of aromatic hydroxyl groups is 1. The van der Waals surface area contributed by atoms with Crippen LogP contribution in [0, 0.1) is 4.77 Å². The highest BCUT2D eigenvalue weighted by Gasteiger charge is 2.32. The van der Waals surface area contributed by atoms with Gasteiger partial charge in [0.05, 0.1) is 11.6 Å². The summed E-state index contributed by atoms with van der Waals surface area (Å²) in [6, 6.07) is 7.96. The van der Waals surface area contributed by atoms with Gasteiger partial charge in [-0.2, -0.15) is 0 Å². The van der Waals surface area contributed by atoms with E-state index in [1.54, 1.807) is 4.57 Å². The van der Waals surface area contributed by atoms with E-state index in [4.69, 9.17) is 12.2 Å². The fraction of sp³-hybridized carbons (Fsp3) is 0.375. The average molecular weight is 315 g/mol. The number of rotatable bonds is 2. The normalized spacial score (nSPS) is 20.6. The summed E-state index contributed by atoms with van der Waals surface area (Å²) in [7, 11) is 0. The third-order valence-corrected chi connectivity index (χ3v) is 4.76. The maximum atomic E-state index is 12.4. The summed E-state index contributed by atoms with van der Waals surface area (Å²) < 4.78 is 1.99. The minimum Gasteiger partial charge on any atom is -0.494 e. The third kappa shape index (κ3) is 2.10. The molecule has 1 atom stereocenters. The summed E-state index contributed by atoms with van der Waals surface area (Å²) in [5.41, 5.74) is 2.32. The number of aromatic nitrogens is 2. The quantitative estimate of drug-likeness (QED) is 0.743. The molecule has 5 nitrogen and oxygen atoms in total. The Bertz CT molecular complexity index is 851. The van der Waals surface area contributed by atoms with Crippen LogP contribution < -0.4 is 10.9 Å². The van der Waals surface area contributed by atoms with Crippen molar-refractivity contribution in [3.63, 3.8) is 0 Å². The standard InChI is InChI=1S/C16H17N3O2S/c20-14-12(15(21)19(10-5-6-10)16(22)18-14)13-11-4-2-1-3-9(11)7-8-17-13/h1-4,10,13,17,21H,5-8H2,(H,18,20,22)/t13-/m1/s1. The first-order valence-electron chi connectivity index (χ1n) is 7.55. The van der Waals surface area contributed by atoms with Gasteiger partial charge in [-0.15, -0.1) is 0 Å². The average Bonchev–Trinajstić information content (AvgIpc) is 3.32. The van der Waals surface area contributed by atoms with Gasteiger partial charge in [0.15, 0.2) is 4.77 Å². The van der Waals surface area contributed by atoms with Crippen LogP contribution in [0.15, 0.2) is 29.1 Å². The molecule has 22 heavy (non-hydrogen) atoms. The summed E-state index contributed by atoms with van der Waals surface area (Å²) in [6.07, 6.45) is 2.90. The Hall–Kier alpha value is -1.92. The van der Waals surface area contributed by atoms with Crippen LogP contribution in [0.1, 0.15) is 41.6 Å². The molecule has 2 aliphatic rings. The Morgan fingerprint density at radius 3 is 2.82 bits per heavy atom. The van der Waals surface area contributed by atoms with E-state index < -0.39 is 0 Å². The lowest BCUT2D eigenvalue weighted by Gasteiger charge is -2.27. The predicted octanol–water partition coefficient (Wildman–Crippen LogP) is 2.18. The lowest BCUT2D eigenvalue weighted by Crippen LogP contribution is -2.35. The molecule has 3 N–H and O–H groups in total. The molecule has 2 aromatic rings. The van der Waals surface area contributed by atoms with Crippen molar-refractivity contribution in [3.05, 3.63) is 56.1 Å². The largest absolute Gasteiger partial charge is 0.494 e. The molecule has 0 unspecified atom stereocenters. The molecule has 0 radical (unpaired) electrons. The molecule has 2 heterocycles. The van der Waals surface area contributed by atoms with Gasteiger partial charge in [-0.05, 0) is 42.6 Å². The molecule has 0 spiro atoms. The second-order valence-electron chi connectivity index (χ2n) is 5.93. The molecule has 1 aliphatic heterocycles. The van der Waals surface area contributed by atoms with Gasteiger partial charge in [0.1, 0.15) is 0 Å². The van der Waals surface area contributed by atoms with E-state index in [9.17, 15) is 9.90 Å². The van der Waals surface area contributed by atoms with E-state index in [2.05, 4.69) is 16.4 Å². The lowest BCUT2D eigenvalue weighted by molar-refractivity contribution is 0.388. The first-order valence-corrected chi connectivity index (χ1v) is 7.96. The molecule has 4 rings (SSSR count). The third-order valence-electron chi connectivity index (χ3n) is 4.46. The zero-order chi connectivity index (χ0) is 15.3. The van der Waals surface area contributed by atoms with Gasteiger partial charge in [0.25, 0.3) is 5.56 Å². The Kier molecular flexibility index (Phi) is 3.16. The van der Waals surface area contributed by atoms with Crippen LogP contribution in [0.5, 0.6) is 5.88 Å². The summed E-state index contributed by atoms with van der Waals surface area (Å²) in [5, 5.41) is 14.0. The molecule has 1 aromatic carbocycles. The molecule has 0 amide bonds. The van der Waals surface area contributed by atoms with E-state index in [1.165, 1.54) is 5.56 Å². The SMILES string of the molecule is O=c1[nH]c(=S)n(C2CC2)c(O)c1[C@@H]1NCCc2ccccc21. The van der Waals surface area contributed by atoms with E-state index in [1.807, 2.05) is 18.2 Å². The molecule has 1 aliphatic carbocycles. The zero-order valence-electron chi connectivity index (χ0n) is 12.0. The zero-order valence-corrected chi connectivity index (χ0v) is 12.8. The minimum atomic E-state index is -0.311. The number of benzene rings is 1. The smallest absolute Gasteiger partial charge is 0.260 e. The van der Waals surface area contributed by atoms with Crippen LogP contribution in [-0.2, 0) is 6.42 Å². The van der Waals surface area contributed by atoms with Gasteiger partial charge < -0.3 is 10.4 Å². The van der Waals surface area contributed by atoms with Crippen LogP contribution in [0.4, 0.5) is 0 Å². The van der Waals surface area contributed by atoms with Crippen molar-refractivity contribution < 1.29 is 5.11 Å². The van der Waals surface area contributed by atoms with E-state index in [0.717, 1.165) is 31.4 Å². The van der Waals surface area contributed by atoms with Crippen LogP contribution in [-0.4, -0.2) is 21.2 Å². The van der Waals surface area contributed by atoms with E-state index in [0.29, 0.717) is 10.3 Å². The number of H-pyrrole nitrogens is 1. The van der Waals surface area contributed by atoms with Gasteiger partial charge in [-0.1, -0.05) is 24.3 Å². The maximum Gasteiger partial charge on any atom is 0.260 e.